The summed E-state index contributed by atoms with van der Waals surface area (Å²) in [5.41, 5.74) is 40.4. The first kappa shape index (κ1) is 54.1. The van der Waals surface area contributed by atoms with Crippen molar-refractivity contribution in [3.8, 4) is 11.8 Å². The average Bonchev–Trinajstić information content (AvgIpc) is 3.27. The van der Waals surface area contributed by atoms with Crippen LogP contribution in [0.5, 0.6) is 0 Å². The highest BCUT2D eigenvalue weighted by atomic mass is 19.1. The van der Waals surface area contributed by atoms with Crippen LogP contribution in [0.4, 0.5) is 10.1 Å². The summed E-state index contributed by atoms with van der Waals surface area (Å²) in [6.45, 7) is 3.89. The molecule has 0 saturated carbocycles. The summed E-state index contributed by atoms with van der Waals surface area (Å²) in [6, 6.07) is 14.1. The lowest BCUT2D eigenvalue weighted by atomic mass is 9.99. The number of rotatable bonds is 25. The van der Waals surface area contributed by atoms with Crippen LogP contribution >= 0.6 is 0 Å². The molecule has 0 bridgehead atoms. The second-order valence-electron chi connectivity index (χ2n) is 16.1. The smallest absolute Gasteiger partial charge is 0.296 e. The van der Waals surface area contributed by atoms with E-state index in [-0.39, 0.29) is 81.8 Å². The van der Waals surface area contributed by atoms with Crippen LogP contribution in [-0.4, -0.2) is 96.6 Å². The number of benzene rings is 3. The normalized spacial score (nSPS) is 12.8. The van der Waals surface area contributed by atoms with Crippen LogP contribution in [0, 0.1) is 23.6 Å². The fraction of sp³-hybridized carbons (Fsp3) is 0.370. The Balaban J connectivity index is 1.97. The number of hydrogen-bond donors (Lipinski definition) is 12. The van der Waals surface area contributed by atoms with Crippen molar-refractivity contribution in [1.29, 1.82) is 0 Å². The van der Waals surface area contributed by atoms with E-state index >= 15 is 0 Å². The van der Waals surface area contributed by atoms with E-state index in [1.807, 2.05) is 13.8 Å². The Morgan fingerprint density at radius 2 is 1.01 bits per heavy atom. The van der Waals surface area contributed by atoms with Crippen LogP contribution in [-0.2, 0) is 41.6 Å². The number of nitrogens with two attached hydrogens (primary N) is 7. The maximum absolute atomic E-state index is 14.5. The maximum atomic E-state index is 14.5. The topological polar surface area (TPSA) is 382 Å². The number of primary amides is 1. The van der Waals surface area contributed by atoms with E-state index in [2.05, 4.69) is 53.4 Å². The van der Waals surface area contributed by atoms with Crippen molar-refractivity contribution < 1.29 is 33.2 Å². The Labute approximate surface area is 394 Å². The van der Waals surface area contributed by atoms with Gasteiger partial charge in [-0.2, -0.15) is 0 Å². The molecule has 3 aromatic carbocycles. The molecule has 0 aliphatic carbocycles. The molecule has 3 rings (SSSR count). The zero-order chi connectivity index (χ0) is 50.2. The van der Waals surface area contributed by atoms with Gasteiger partial charge in [-0.1, -0.05) is 62.2 Å². The van der Waals surface area contributed by atoms with Gasteiger partial charge < -0.3 is 66.7 Å². The molecule has 0 aliphatic heterocycles. The highest BCUT2D eigenvalue weighted by Crippen LogP contribution is 2.16. The lowest BCUT2D eigenvalue weighted by Crippen LogP contribution is -2.59. The van der Waals surface area contributed by atoms with Crippen molar-refractivity contribution >= 4 is 59.0 Å². The molecule has 0 heterocycles. The zero-order valence-corrected chi connectivity index (χ0v) is 38.0. The molecule has 0 aliphatic rings. The van der Waals surface area contributed by atoms with Crippen LogP contribution in [0.1, 0.15) is 62.6 Å². The molecule has 0 aromatic heterocycles. The van der Waals surface area contributed by atoms with Crippen molar-refractivity contribution in [2.75, 3.05) is 13.1 Å². The molecule has 5 atom stereocenters. The third-order valence-corrected chi connectivity index (χ3v) is 9.86. The molecule has 22 heteroatoms. The van der Waals surface area contributed by atoms with Gasteiger partial charge in [-0.25, -0.2) is 9.38 Å². The summed E-state index contributed by atoms with van der Waals surface area (Å²) in [7, 11) is 0. The first-order chi connectivity index (χ1) is 32.3. The van der Waals surface area contributed by atoms with Gasteiger partial charge in [0.25, 0.3) is 5.91 Å². The van der Waals surface area contributed by atoms with E-state index < -0.39 is 71.5 Å². The molecule has 0 fully saturated rings. The van der Waals surface area contributed by atoms with E-state index in [4.69, 9.17) is 40.1 Å². The van der Waals surface area contributed by atoms with E-state index in [0.717, 1.165) is 0 Å². The zero-order valence-electron chi connectivity index (χ0n) is 38.0. The second-order valence-corrected chi connectivity index (χ2v) is 16.1. The summed E-state index contributed by atoms with van der Waals surface area (Å²) < 4.78 is 13.9. The predicted molar refractivity (Wildman–Crippen MR) is 257 cm³/mol. The number of carbonyl (C=O) groups excluding carboxylic acids is 6. The third-order valence-electron chi connectivity index (χ3n) is 9.86. The minimum Gasteiger partial charge on any atom is -0.370 e. The third kappa shape index (κ3) is 20.7. The van der Waals surface area contributed by atoms with Crippen molar-refractivity contribution in [1.82, 2.24) is 26.6 Å². The van der Waals surface area contributed by atoms with Crippen LogP contribution in [0.2, 0.25) is 0 Å². The van der Waals surface area contributed by atoms with E-state index in [0.29, 0.717) is 22.4 Å². The standard InChI is InChI=1S/C46H62FN15O6/c1-27(2)24-35(41(66)60-34(11-7-23-56-45(51)52)40(65)59-33(39(48)64)10-6-22-55-44(49)50)61-43(68)37(26-30-14-19-32(20-15-30)57-46(53)54)62-42(67)36(25-29-12-17-31(47)18-13-29)58-38(63)21-16-28-8-4-3-5-9-28/h3-5,8-9,12-15,17-20,27,33-37H,6-7,10-11,22-26H2,1-2H3,(H2,48,64)(H,58,63)(H,59,65)(H,60,66)(H,61,68)(H,62,67)(H4,49,50,55)(H4,51,52,56)(H4,53,54,57)/t33-,34-,35-,36-,37-/m0/s1. The number of halogens is 1. The Kier molecular flexibility index (Phi) is 22.2. The number of guanidine groups is 3. The SMILES string of the molecule is CC(C)C[C@H](NC(=O)[C@H](Cc1ccc(N=C(N)N)cc1)NC(=O)[C@H](Cc1ccc(F)cc1)NC(=O)C#Cc1ccccc1)C(=O)N[C@@H](CCCN=C(N)N)C(=O)N[C@@H](CCCN=C(N)N)C(N)=O. The number of nitrogens with zero attached hydrogens (tertiary/aromatic N) is 3. The predicted octanol–water partition coefficient (Wildman–Crippen LogP) is -1.37. The van der Waals surface area contributed by atoms with Crippen molar-refractivity contribution in [2.24, 2.45) is 61.0 Å². The summed E-state index contributed by atoms with van der Waals surface area (Å²) in [5, 5.41) is 13.4. The largest absolute Gasteiger partial charge is 0.370 e. The lowest BCUT2D eigenvalue weighted by molar-refractivity contribution is -0.135. The molecule has 68 heavy (non-hydrogen) atoms. The van der Waals surface area contributed by atoms with Gasteiger partial charge >= 0.3 is 0 Å². The molecular formula is C46H62FN15O6. The Morgan fingerprint density at radius 1 is 0.559 bits per heavy atom. The average molecular weight is 940 g/mol. The monoisotopic (exact) mass is 939 g/mol. The molecule has 0 radical (unpaired) electrons. The summed E-state index contributed by atoms with van der Waals surface area (Å²) in [5.74, 6) is -0.752. The molecule has 3 aromatic rings. The molecule has 6 amide bonds. The molecule has 364 valence electrons. The van der Waals surface area contributed by atoms with Gasteiger partial charge in [0.1, 0.15) is 36.0 Å². The van der Waals surface area contributed by atoms with Gasteiger partial charge in [0.2, 0.25) is 29.5 Å². The summed E-state index contributed by atoms with van der Waals surface area (Å²) in [6.07, 6.45) is 0.409. The molecular weight excluding hydrogens is 878 g/mol. The molecule has 19 N–H and O–H groups in total. The second kappa shape index (κ2) is 28.0. The number of carbonyl (C=O) groups is 6. The van der Waals surface area contributed by atoms with Gasteiger partial charge in [0, 0.05) is 37.4 Å². The quantitative estimate of drug-likeness (QED) is 0.0203. The molecule has 0 saturated heterocycles. The number of amides is 6. The fourth-order valence-corrected chi connectivity index (χ4v) is 6.56. The van der Waals surface area contributed by atoms with Crippen LogP contribution < -0.4 is 66.7 Å². The van der Waals surface area contributed by atoms with Gasteiger partial charge in [-0.05, 0) is 85.5 Å². The Hall–Kier alpha value is -8.22. The summed E-state index contributed by atoms with van der Waals surface area (Å²) in [4.78, 5) is 94.1. The van der Waals surface area contributed by atoms with Crippen molar-refractivity contribution in [3.05, 3.63) is 101 Å². The number of hydrogen-bond acceptors (Lipinski definition) is 9. The highest BCUT2D eigenvalue weighted by molar-refractivity contribution is 5.99. The first-order valence-corrected chi connectivity index (χ1v) is 21.7. The van der Waals surface area contributed by atoms with E-state index in [1.165, 1.54) is 24.3 Å². The van der Waals surface area contributed by atoms with Gasteiger partial charge in [0.05, 0.1) is 5.69 Å². The van der Waals surface area contributed by atoms with Crippen molar-refractivity contribution in [2.45, 2.75) is 89.0 Å². The first-order valence-electron chi connectivity index (χ1n) is 21.7. The fourth-order valence-electron chi connectivity index (χ4n) is 6.56. The lowest BCUT2D eigenvalue weighted by Gasteiger charge is -2.28. The van der Waals surface area contributed by atoms with Crippen LogP contribution in [0.15, 0.2) is 93.8 Å². The van der Waals surface area contributed by atoms with Gasteiger partial charge in [0.15, 0.2) is 17.9 Å². The Bertz CT molecular complexity index is 2320. The number of nitrogens with one attached hydrogen (secondary N) is 5. The molecule has 0 spiro atoms. The van der Waals surface area contributed by atoms with Gasteiger partial charge in [-0.3, -0.25) is 38.8 Å². The minimum atomic E-state index is -1.38. The van der Waals surface area contributed by atoms with Crippen LogP contribution in [0.25, 0.3) is 0 Å². The maximum Gasteiger partial charge on any atom is 0.296 e. The highest BCUT2D eigenvalue weighted by Gasteiger charge is 2.33. The molecule has 21 nitrogen and oxygen atoms in total. The van der Waals surface area contributed by atoms with Crippen molar-refractivity contribution in [3.63, 3.8) is 0 Å². The summed E-state index contributed by atoms with van der Waals surface area (Å²) >= 11 is 0. The number of aliphatic imine (C=N–C) groups is 3. The minimum absolute atomic E-state index is 0.00159. The Morgan fingerprint density at radius 3 is 1.53 bits per heavy atom. The van der Waals surface area contributed by atoms with Gasteiger partial charge in [-0.15, -0.1) is 0 Å². The van der Waals surface area contributed by atoms with Crippen LogP contribution in [0.3, 0.4) is 0 Å². The molecule has 0 unspecified atom stereocenters. The van der Waals surface area contributed by atoms with E-state index in [9.17, 15) is 33.2 Å². The van der Waals surface area contributed by atoms with E-state index in [1.54, 1.807) is 54.6 Å².